The molecule has 17 heavy (non-hydrogen) atoms. The van der Waals surface area contributed by atoms with Gasteiger partial charge in [-0.3, -0.25) is 4.79 Å². The Balaban J connectivity index is 2.65. The van der Waals surface area contributed by atoms with Crippen LogP contribution in [0.15, 0.2) is 18.2 Å². The van der Waals surface area contributed by atoms with Crippen molar-refractivity contribution >= 4 is 23.4 Å². The molecule has 1 aromatic carbocycles. The molecule has 1 rings (SSSR count). The summed E-state index contributed by atoms with van der Waals surface area (Å²) in [6, 6.07) is 4.67. The van der Waals surface area contributed by atoms with Crippen LogP contribution >= 0.6 is 0 Å². The first kappa shape index (κ1) is 12.6. The third kappa shape index (κ3) is 3.90. The van der Waals surface area contributed by atoms with Gasteiger partial charge < -0.3 is 27.3 Å². The molecular weight excluding hydrogens is 224 g/mol. The molecule has 92 valence electrons. The molecule has 0 aromatic heterocycles. The minimum absolute atomic E-state index is 0.0856. The van der Waals surface area contributed by atoms with Crippen molar-refractivity contribution in [1.82, 2.24) is 0 Å². The van der Waals surface area contributed by atoms with E-state index < -0.39 is 12.0 Å². The first-order chi connectivity index (χ1) is 8.00. The van der Waals surface area contributed by atoms with Gasteiger partial charge in [0.05, 0.1) is 5.56 Å². The molecule has 7 heteroatoms. The summed E-state index contributed by atoms with van der Waals surface area (Å²) in [5.41, 5.74) is 16.9. The molecule has 7 nitrogen and oxygen atoms in total. The summed E-state index contributed by atoms with van der Waals surface area (Å²) in [5, 5.41) is 2.88. The molecule has 1 aromatic rings. The van der Waals surface area contributed by atoms with Gasteiger partial charge in [-0.15, -0.1) is 0 Å². The zero-order valence-electron chi connectivity index (χ0n) is 9.10. The average molecular weight is 238 g/mol. The van der Waals surface area contributed by atoms with E-state index in [9.17, 15) is 9.59 Å². The van der Waals surface area contributed by atoms with E-state index >= 15 is 0 Å². The fourth-order valence-corrected chi connectivity index (χ4v) is 1.26. The third-order valence-corrected chi connectivity index (χ3v) is 1.97. The summed E-state index contributed by atoms with van der Waals surface area (Å²) in [6.07, 6.45) is -0.852. The number of anilines is 2. The van der Waals surface area contributed by atoms with Crippen LogP contribution in [0.3, 0.4) is 0 Å². The summed E-state index contributed by atoms with van der Waals surface area (Å²) in [5.74, 6) is -0.566. The number of carbonyl (C=O) groups excluding carboxylic acids is 2. The van der Waals surface area contributed by atoms with Crippen molar-refractivity contribution in [3.05, 3.63) is 23.8 Å². The van der Waals surface area contributed by atoms with Gasteiger partial charge in [0.2, 0.25) is 0 Å². The highest BCUT2D eigenvalue weighted by molar-refractivity contribution is 5.99. The van der Waals surface area contributed by atoms with E-state index in [2.05, 4.69) is 10.1 Å². The largest absolute Gasteiger partial charge is 0.448 e. The molecule has 0 spiro atoms. The minimum Gasteiger partial charge on any atom is -0.448 e. The zero-order chi connectivity index (χ0) is 12.8. The first-order valence-corrected chi connectivity index (χ1v) is 4.86. The Bertz CT molecular complexity index is 434. The van der Waals surface area contributed by atoms with Crippen LogP contribution in [0.2, 0.25) is 0 Å². The van der Waals surface area contributed by atoms with Crippen molar-refractivity contribution in [2.24, 2.45) is 11.5 Å². The number of ether oxygens (including phenoxy) is 1. The van der Waals surface area contributed by atoms with Gasteiger partial charge in [-0.05, 0) is 18.2 Å². The summed E-state index contributed by atoms with van der Waals surface area (Å²) < 4.78 is 4.52. The van der Waals surface area contributed by atoms with Crippen molar-refractivity contribution < 1.29 is 14.3 Å². The minimum atomic E-state index is -0.852. The van der Waals surface area contributed by atoms with Gasteiger partial charge in [-0.2, -0.15) is 0 Å². The fourth-order valence-electron chi connectivity index (χ4n) is 1.26. The molecule has 0 aliphatic heterocycles. The number of hydrogen-bond donors (Lipinski definition) is 4. The lowest BCUT2D eigenvalue weighted by Crippen LogP contribution is -2.20. The van der Waals surface area contributed by atoms with Crippen LogP contribution in [-0.2, 0) is 4.74 Å². The van der Waals surface area contributed by atoms with Crippen LogP contribution < -0.4 is 22.5 Å². The number of rotatable bonds is 5. The fraction of sp³-hybridized carbons (Fsp3) is 0.200. The summed E-state index contributed by atoms with van der Waals surface area (Å²) in [6.45, 7) is 0.384. The van der Waals surface area contributed by atoms with Gasteiger partial charge in [-0.1, -0.05) is 0 Å². The van der Waals surface area contributed by atoms with E-state index in [1.807, 2.05) is 0 Å². The Kier molecular flexibility index (Phi) is 4.15. The molecule has 0 saturated carbocycles. The number of amides is 2. The summed E-state index contributed by atoms with van der Waals surface area (Å²) in [4.78, 5) is 21.4. The van der Waals surface area contributed by atoms with Crippen LogP contribution in [0.5, 0.6) is 0 Å². The molecule has 0 unspecified atom stereocenters. The van der Waals surface area contributed by atoms with E-state index in [0.717, 1.165) is 0 Å². The topological polar surface area (TPSA) is 133 Å². The van der Waals surface area contributed by atoms with Gasteiger partial charge in [0.1, 0.15) is 6.61 Å². The number of nitrogens with one attached hydrogen (secondary N) is 1. The molecule has 0 aliphatic carbocycles. The highest BCUT2D eigenvalue weighted by atomic mass is 16.5. The van der Waals surface area contributed by atoms with Gasteiger partial charge in [0, 0.05) is 17.9 Å². The average Bonchev–Trinajstić information content (AvgIpc) is 2.23. The zero-order valence-corrected chi connectivity index (χ0v) is 9.10. The third-order valence-electron chi connectivity index (χ3n) is 1.97. The Labute approximate surface area is 97.9 Å². The highest BCUT2D eigenvalue weighted by Gasteiger charge is 2.07. The molecule has 0 atom stereocenters. The molecule has 0 radical (unpaired) electrons. The Morgan fingerprint density at radius 2 is 2.00 bits per heavy atom. The van der Waals surface area contributed by atoms with Crippen LogP contribution in [-0.4, -0.2) is 25.2 Å². The molecule has 0 saturated heterocycles. The smallest absolute Gasteiger partial charge is 0.404 e. The Morgan fingerprint density at radius 1 is 1.29 bits per heavy atom. The van der Waals surface area contributed by atoms with Gasteiger partial charge in [0.25, 0.3) is 5.91 Å². The lowest BCUT2D eigenvalue weighted by molar-refractivity contribution is 0.100. The van der Waals surface area contributed by atoms with Gasteiger partial charge in [0.15, 0.2) is 0 Å². The van der Waals surface area contributed by atoms with Crippen LogP contribution in [0.4, 0.5) is 16.2 Å². The lowest BCUT2D eigenvalue weighted by Gasteiger charge is -2.10. The molecule has 0 aliphatic rings. The number of nitrogens with two attached hydrogens (primary N) is 3. The Hall–Kier alpha value is -2.44. The molecule has 7 N–H and O–H groups in total. The number of carbonyl (C=O) groups is 2. The maximum absolute atomic E-state index is 11.1. The van der Waals surface area contributed by atoms with Crippen molar-refractivity contribution in [1.29, 1.82) is 0 Å². The van der Waals surface area contributed by atoms with E-state index in [4.69, 9.17) is 17.2 Å². The van der Waals surface area contributed by atoms with Crippen molar-refractivity contribution in [3.63, 3.8) is 0 Å². The number of nitrogen functional groups attached to an aromatic ring is 1. The summed E-state index contributed by atoms with van der Waals surface area (Å²) in [7, 11) is 0. The molecule has 0 fully saturated rings. The highest BCUT2D eigenvalue weighted by Crippen LogP contribution is 2.18. The van der Waals surface area contributed by atoms with Crippen LogP contribution in [0, 0.1) is 0 Å². The maximum atomic E-state index is 11.1. The summed E-state index contributed by atoms with van der Waals surface area (Å²) >= 11 is 0. The molecule has 0 bridgehead atoms. The quantitative estimate of drug-likeness (QED) is 0.419. The van der Waals surface area contributed by atoms with Gasteiger partial charge >= 0.3 is 6.09 Å². The normalized spacial score (nSPS) is 9.65. The second-order valence-electron chi connectivity index (χ2n) is 3.26. The SMILES string of the molecule is NC(=O)OCCNc1cc(N)ccc1C(N)=O. The maximum Gasteiger partial charge on any atom is 0.404 e. The Morgan fingerprint density at radius 3 is 2.59 bits per heavy atom. The second-order valence-corrected chi connectivity index (χ2v) is 3.26. The monoisotopic (exact) mass is 238 g/mol. The lowest BCUT2D eigenvalue weighted by atomic mass is 10.1. The van der Waals surface area contributed by atoms with Crippen molar-refractivity contribution in [3.8, 4) is 0 Å². The van der Waals surface area contributed by atoms with Gasteiger partial charge in [-0.25, -0.2) is 4.79 Å². The van der Waals surface area contributed by atoms with E-state index in [1.165, 1.54) is 6.07 Å². The standard InChI is InChI=1S/C10H14N4O3/c11-6-1-2-7(9(12)15)8(5-6)14-3-4-17-10(13)16/h1-2,5,14H,3-4,11H2,(H2,12,15)(H2,13,16). The number of primary amides is 2. The predicted octanol–water partition coefficient (Wildman–Crippen LogP) is -0.125. The van der Waals surface area contributed by atoms with E-state index in [-0.39, 0.29) is 6.61 Å². The molecule has 2 amide bonds. The van der Waals surface area contributed by atoms with E-state index in [1.54, 1.807) is 12.1 Å². The molecule has 0 heterocycles. The number of benzene rings is 1. The van der Waals surface area contributed by atoms with Crippen LogP contribution in [0.25, 0.3) is 0 Å². The second kappa shape index (κ2) is 5.59. The molecular formula is C10H14N4O3. The predicted molar refractivity (Wildman–Crippen MR) is 63.4 cm³/mol. The van der Waals surface area contributed by atoms with Crippen molar-refractivity contribution in [2.75, 3.05) is 24.2 Å². The van der Waals surface area contributed by atoms with Crippen LogP contribution in [0.1, 0.15) is 10.4 Å². The van der Waals surface area contributed by atoms with E-state index in [0.29, 0.717) is 23.5 Å². The van der Waals surface area contributed by atoms with Crippen molar-refractivity contribution in [2.45, 2.75) is 0 Å². The number of hydrogen-bond acceptors (Lipinski definition) is 5. The first-order valence-electron chi connectivity index (χ1n) is 4.86.